The van der Waals surface area contributed by atoms with Crippen molar-refractivity contribution in [3.63, 3.8) is 0 Å². The molecule has 0 radical (unpaired) electrons. The molecule has 0 aliphatic carbocycles. The van der Waals surface area contributed by atoms with E-state index in [0.717, 1.165) is 0 Å². The molecule has 4 aromatic rings. The van der Waals surface area contributed by atoms with Gasteiger partial charge in [-0.3, -0.25) is 14.8 Å². The Morgan fingerprint density at radius 1 is 1.21 bits per heavy atom. The van der Waals surface area contributed by atoms with E-state index in [-0.39, 0.29) is 18.3 Å². The molecule has 4 rings (SSSR count). The number of halogens is 2. The van der Waals surface area contributed by atoms with Crippen LogP contribution in [0, 0.1) is 5.82 Å². The third-order valence-electron chi connectivity index (χ3n) is 3.87. The highest BCUT2D eigenvalue weighted by atomic mass is 35.5. The van der Waals surface area contributed by atoms with Gasteiger partial charge in [-0.05, 0) is 35.9 Å². The van der Waals surface area contributed by atoms with E-state index in [1.807, 2.05) is 0 Å². The molecule has 0 unspecified atom stereocenters. The van der Waals surface area contributed by atoms with Crippen molar-refractivity contribution >= 4 is 23.5 Å². The van der Waals surface area contributed by atoms with E-state index in [0.29, 0.717) is 22.9 Å². The second kappa shape index (κ2) is 7.65. The van der Waals surface area contributed by atoms with E-state index in [2.05, 4.69) is 20.5 Å². The van der Waals surface area contributed by atoms with Crippen molar-refractivity contribution in [3.05, 3.63) is 83.0 Å². The molecule has 0 atom stereocenters. The highest BCUT2D eigenvalue weighted by Gasteiger charge is 2.14. The Labute approximate surface area is 163 Å². The predicted octanol–water partition coefficient (Wildman–Crippen LogP) is 3.21. The quantitative estimate of drug-likeness (QED) is 0.536. The molecule has 28 heavy (non-hydrogen) atoms. The van der Waals surface area contributed by atoms with Crippen molar-refractivity contribution in [1.82, 2.24) is 24.5 Å². The van der Waals surface area contributed by atoms with Crippen LogP contribution in [0.2, 0.25) is 5.02 Å². The lowest BCUT2D eigenvalue weighted by Gasteiger charge is -2.04. The van der Waals surface area contributed by atoms with E-state index in [4.69, 9.17) is 16.0 Å². The van der Waals surface area contributed by atoms with Crippen LogP contribution in [0.5, 0.6) is 0 Å². The normalized spacial score (nSPS) is 10.9. The van der Waals surface area contributed by atoms with Gasteiger partial charge >= 0.3 is 0 Å². The lowest BCUT2D eigenvalue weighted by molar-refractivity contribution is 0.0993. The van der Waals surface area contributed by atoms with Crippen LogP contribution < -0.4 is 5.32 Å². The molecule has 142 valence electrons. The number of aromatic nitrogens is 5. The van der Waals surface area contributed by atoms with Gasteiger partial charge in [-0.15, -0.1) is 5.10 Å². The molecule has 10 heteroatoms. The highest BCUT2D eigenvalue weighted by Crippen LogP contribution is 2.18. The number of rotatable bonds is 6. The number of nitrogens with one attached hydrogen (secondary N) is 1. The number of amides is 1. The number of anilines is 1. The van der Waals surface area contributed by atoms with Crippen molar-refractivity contribution in [2.75, 3.05) is 5.32 Å². The lowest BCUT2D eigenvalue weighted by atomic mass is 10.2. The van der Waals surface area contributed by atoms with Gasteiger partial charge in [0.15, 0.2) is 5.76 Å². The Bertz CT molecular complexity index is 1110. The summed E-state index contributed by atoms with van der Waals surface area (Å²) in [5.74, 6) is -0.0263. The lowest BCUT2D eigenvalue weighted by Crippen LogP contribution is -2.12. The maximum Gasteiger partial charge on any atom is 0.293 e. The Morgan fingerprint density at radius 2 is 2.11 bits per heavy atom. The van der Waals surface area contributed by atoms with Crippen LogP contribution in [0.1, 0.15) is 21.9 Å². The average molecular weight is 401 g/mol. The van der Waals surface area contributed by atoms with Crippen LogP contribution >= 0.6 is 11.6 Å². The van der Waals surface area contributed by atoms with Gasteiger partial charge in [0.1, 0.15) is 17.9 Å². The molecule has 0 saturated heterocycles. The summed E-state index contributed by atoms with van der Waals surface area (Å²) in [5.41, 5.74) is 0.681. The molecule has 0 aliphatic rings. The summed E-state index contributed by atoms with van der Waals surface area (Å²) in [7, 11) is 0. The largest absolute Gasteiger partial charge is 0.454 e. The van der Waals surface area contributed by atoms with Crippen molar-refractivity contribution in [1.29, 1.82) is 0 Å². The van der Waals surface area contributed by atoms with Crippen molar-refractivity contribution < 1.29 is 13.6 Å². The Hall–Kier alpha value is -3.46. The van der Waals surface area contributed by atoms with E-state index >= 15 is 0 Å². The molecule has 0 aliphatic heterocycles. The molecule has 0 fully saturated rings. The first-order valence-corrected chi connectivity index (χ1v) is 8.65. The Kier molecular flexibility index (Phi) is 4.90. The van der Waals surface area contributed by atoms with Gasteiger partial charge in [-0.1, -0.05) is 17.7 Å². The summed E-state index contributed by atoms with van der Waals surface area (Å²) in [4.78, 5) is 16.3. The third kappa shape index (κ3) is 4.09. The fourth-order valence-corrected chi connectivity index (χ4v) is 2.78. The van der Waals surface area contributed by atoms with Crippen LogP contribution in [0.25, 0.3) is 0 Å². The van der Waals surface area contributed by atoms with E-state index in [9.17, 15) is 9.18 Å². The van der Waals surface area contributed by atoms with Crippen LogP contribution in [0.15, 0.2) is 59.5 Å². The topological polar surface area (TPSA) is 90.8 Å². The zero-order valence-electron chi connectivity index (χ0n) is 14.4. The van der Waals surface area contributed by atoms with Gasteiger partial charge in [0.2, 0.25) is 5.95 Å². The first-order valence-electron chi connectivity index (χ1n) is 8.28. The monoisotopic (exact) mass is 400 g/mol. The number of carbonyl (C=O) groups is 1. The predicted molar refractivity (Wildman–Crippen MR) is 98.5 cm³/mol. The molecule has 0 saturated carbocycles. The van der Waals surface area contributed by atoms with E-state index < -0.39 is 11.7 Å². The average Bonchev–Trinajstić information content (AvgIpc) is 3.40. The summed E-state index contributed by atoms with van der Waals surface area (Å²) >= 11 is 6.01. The molecular weight excluding hydrogens is 387 g/mol. The van der Waals surface area contributed by atoms with Gasteiger partial charge in [-0.2, -0.15) is 5.10 Å². The summed E-state index contributed by atoms with van der Waals surface area (Å²) < 4.78 is 21.8. The SMILES string of the molecule is O=C(Nc1ncn(Cc2ccc(F)cc2Cl)n1)c1ccc(Cn2cccn2)o1. The molecule has 8 nitrogen and oxygen atoms in total. The first kappa shape index (κ1) is 17.9. The molecule has 1 amide bonds. The molecular formula is C18H14ClFN6O2. The number of nitrogens with zero attached hydrogens (tertiary/aromatic N) is 5. The zero-order chi connectivity index (χ0) is 19.5. The minimum absolute atomic E-state index is 0.119. The van der Waals surface area contributed by atoms with Crippen molar-refractivity contribution in [2.24, 2.45) is 0 Å². The van der Waals surface area contributed by atoms with Gasteiger partial charge in [-0.25, -0.2) is 14.1 Å². The highest BCUT2D eigenvalue weighted by molar-refractivity contribution is 6.31. The second-order valence-electron chi connectivity index (χ2n) is 5.93. The van der Waals surface area contributed by atoms with Crippen molar-refractivity contribution in [2.45, 2.75) is 13.1 Å². The van der Waals surface area contributed by atoms with Crippen LogP contribution in [0.3, 0.4) is 0 Å². The fraction of sp³-hybridized carbons (Fsp3) is 0.111. The van der Waals surface area contributed by atoms with Gasteiger partial charge in [0.05, 0.1) is 13.1 Å². The zero-order valence-corrected chi connectivity index (χ0v) is 15.2. The van der Waals surface area contributed by atoms with Gasteiger partial charge in [0.25, 0.3) is 5.91 Å². The molecule has 1 aromatic carbocycles. The molecule has 3 aromatic heterocycles. The maximum atomic E-state index is 13.1. The minimum atomic E-state index is -0.468. The summed E-state index contributed by atoms with van der Waals surface area (Å²) in [5, 5.41) is 11.1. The van der Waals surface area contributed by atoms with Crippen molar-refractivity contribution in [3.8, 4) is 0 Å². The van der Waals surface area contributed by atoms with Gasteiger partial charge in [0, 0.05) is 17.4 Å². The standard InChI is InChI=1S/C18H14ClFN6O2/c19-15-8-13(20)3-2-12(15)9-26-11-21-18(24-26)23-17(27)16-5-4-14(28-16)10-25-7-1-6-22-25/h1-8,11H,9-10H2,(H,23,24,27). The molecule has 1 N–H and O–H groups in total. The number of benzene rings is 1. The second-order valence-corrected chi connectivity index (χ2v) is 6.33. The number of hydrogen-bond acceptors (Lipinski definition) is 5. The smallest absolute Gasteiger partial charge is 0.293 e. The fourth-order valence-electron chi connectivity index (χ4n) is 2.55. The number of hydrogen-bond donors (Lipinski definition) is 1. The van der Waals surface area contributed by atoms with Gasteiger partial charge < -0.3 is 4.42 Å². The Balaban J connectivity index is 1.39. The van der Waals surface area contributed by atoms with E-state index in [1.165, 1.54) is 23.1 Å². The minimum Gasteiger partial charge on any atom is -0.454 e. The molecule has 0 spiro atoms. The Morgan fingerprint density at radius 3 is 2.89 bits per heavy atom. The van der Waals surface area contributed by atoms with E-state index in [1.54, 1.807) is 41.3 Å². The summed E-state index contributed by atoms with van der Waals surface area (Å²) in [6, 6.07) is 9.20. The van der Waals surface area contributed by atoms with Crippen LogP contribution in [-0.2, 0) is 13.1 Å². The number of carbonyl (C=O) groups excluding carboxylic acids is 1. The van der Waals surface area contributed by atoms with Crippen LogP contribution in [0.4, 0.5) is 10.3 Å². The van der Waals surface area contributed by atoms with Crippen LogP contribution in [-0.4, -0.2) is 30.5 Å². The maximum absolute atomic E-state index is 13.1. The first-order chi connectivity index (χ1) is 13.6. The third-order valence-corrected chi connectivity index (χ3v) is 4.22. The summed E-state index contributed by atoms with van der Waals surface area (Å²) in [6.07, 6.45) is 4.91. The molecule has 0 bridgehead atoms. The number of furan rings is 1. The summed E-state index contributed by atoms with van der Waals surface area (Å²) in [6.45, 7) is 0.711. The molecule has 3 heterocycles.